The Morgan fingerprint density at radius 1 is 0.974 bits per heavy atom. The third-order valence-corrected chi connectivity index (χ3v) is 7.09. The van der Waals surface area contributed by atoms with Crippen molar-refractivity contribution in [3.63, 3.8) is 0 Å². The van der Waals surface area contributed by atoms with Crippen LogP contribution >= 0.6 is 0 Å². The normalized spacial score (nSPS) is 14.6. The number of aromatic amines is 1. The summed E-state index contributed by atoms with van der Waals surface area (Å²) >= 11 is 0. The van der Waals surface area contributed by atoms with Crippen molar-refractivity contribution >= 4 is 39.6 Å². The van der Waals surface area contributed by atoms with Crippen LogP contribution in [-0.2, 0) is 18.3 Å². The first-order chi connectivity index (χ1) is 18.6. The summed E-state index contributed by atoms with van der Waals surface area (Å²) in [6, 6.07) is 21.8. The molecule has 7 nitrogen and oxygen atoms in total. The van der Waals surface area contributed by atoms with Gasteiger partial charge in [-0.25, -0.2) is 4.99 Å². The van der Waals surface area contributed by atoms with E-state index in [-0.39, 0.29) is 5.91 Å². The number of methoxy groups -OCH3 is 2. The number of amides is 1. The number of nitrogens with zero attached hydrogens (tertiary/aromatic N) is 3. The third-order valence-electron chi connectivity index (χ3n) is 7.09. The maximum atomic E-state index is 13.8. The number of fused-ring (bicyclic) bond motifs is 2. The molecule has 0 saturated heterocycles. The van der Waals surface area contributed by atoms with Gasteiger partial charge in [-0.15, -0.1) is 0 Å². The van der Waals surface area contributed by atoms with Gasteiger partial charge in [0.2, 0.25) is 0 Å². The number of H-pyrrole nitrogens is 1. The number of hydrogen-bond donors (Lipinski definition) is 1. The standard InChI is InChI=1S/C31H28N4O3/c1-34-19-21(23-8-4-6-10-28(23)34)16-27-31(36)35(30(33-27)24-9-5-7-11-29(24)38-3)15-14-20-18-32-26-13-12-22(37-2)17-25(20)26/h4-13,16-19,32H,14-15H2,1-3H3/b27-16-. The number of nitrogens with one attached hydrogen (secondary N) is 1. The van der Waals surface area contributed by atoms with Crippen molar-refractivity contribution in [2.45, 2.75) is 6.42 Å². The molecule has 6 rings (SSSR count). The minimum Gasteiger partial charge on any atom is -0.497 e. The molecule has 2 aromatic heterocycles. The Balaban J connectivity index is 1.39. The number of aryl methyl sites for hydroxylation is 1. The average Bonchev–Trinajstić information content (AvgIpc) is 3.61. The predicted octanol–water partition coefficient (Wildman–Crippen LogP) is 5.55. The Morgan fingerprint density at radius 2 is 1.79 bits per heavy atom. The summed E-state index contributed by atoms with van der Waals surface area (Å²) in [7, 11) is 5.30. The highest BCUT2D eigenvalue weighted by Gasteiger charge is 2.32. The van der Waals surface area contributed by atoms with Crippen LogP contribution in [0.3, 0.4) is 0 Å². The number of ether oxygens (including phenoxy) is 2. The first-order valence-electron chi connectivity index (χ1n) is 12.5. The molecule has 1 N–H and O–H groups in total. The number of para-hydroxylation sites is 2. The first kappa shape index (κ1) is 23.6. The van der Waals surface area contributed by atoms with E-state index in [1.165, 1.54) is 0 Å². The van der Waals surface area contributed by atoms with E-state index in [1.807, 2.05) is 80.1 Å². The zero-order valence-corrected chi connectivity index (χ0v) is 21.6. The Morgan fingerprint density at radius 3 is 2.63 bits per heavy atom. The lowest BCUT2D eigenvalue weighted by Gasteiger charge is -2.19. The molecule has 3 heterocycles. The van der Waals surface area contributed by atoms with E-state index in [1.54, 1.807) is 19.1 Å². The average molecular weight is 505 g/mol. The highest BCUT2D eigenvalue weighted by atomic mass is 16.5. The second-order valence-corrected chi connectivity index (χ2v) is 9.31. The highest BCUT2D eigenvalue weighted by Crippen LogP contribution is 2.30. The Bertz CT molecular complexity index is 1740. The van der Waals surface area contributed by atoms with Crippen molar-refractivity contribution in [3.8, 4) is 11.5 Å². The Hall–Kier alpha value is -4.78. The maximum absolute atomic E-state index is 13.8. The van der Waals surface area contributed by atoms with E-state index in [0.717, 1.165) is 44.2 Å². The van der Waals surface area contributed by atoms with E-state index >= 15 is 0 Å². The fourth-order valence-electron chi connectivity index (χ4n) is 5.15. The number of amidine groups is 1. The van der Waals surface area contributed by atoms with Gasteiger partial charge in [0.15, 0.2) is 0 Å². The molecule has 1 aliphatic heterocycles. The molecule has 0 fully saturated rings. The second kappa shape index (κ2) is 9.59. The predicted molar refractivity (Wildman–Crippen MR) is 151 cm³/mol. The van der Waals surface area contributed by atoms with Crippen LogP contribution in [0.5, 0.6) is 11.5 Å². The third kappa shape index (κ3) is 4.02. The smallest absolute Gasteiger partial charge is 0.278 e. The van der Waals surface area contributed by atoms with Gasteiger partial charge < -0.3 is 19.0 Å². The molecular weight excluding hydrogens is 476 g/mol. The zero-order chi connectivity index (χ0) is 26.2. The highest BCUT2D eigenvalue weighted by molar-refractivity contribution is 6.21. The molecule has 0 unspecified atom stereocenters. The van der Waals surface area contributed by atoms with Crippen molar-refractivity contribution in [3.05, 3.63) is 102 Å². The van der Waals surface area contributed by atoms with E-state index < -0.39 is 0 Å². The lowest BCUT2D eigenvalue weighted by molar-refractivity contribution is -0.122. The summed E-state index contributed by atoms with van der Waals surface area (Å²) in [5, 5.41) is 2.16. The minimum absolute atomic E-state index is 0.128. The molecule has 0 aliphatic carbocycles. The number of benzene rings is 3. The fraction of sp³-hybridized carbons (Fsp3) is 0.161. The molecule has 1 amide bonds. The van der Waals surface area contributed by atoms with Crippen LogP contribution < -0.4 is 9.47 Å². The van der Waals surface area contributed by atoms with Crippen LogP contribution in [0.2, 0.25) is 0 Å². The van der Waals surface area contributed by atoms with Crippen LogP contribution in [0.25, 0.3) is 27.9 Å². The van der Waals surface area contributed by atoms with Gasteiger partial charge in [0.05, 0.1) is 19.8 Å². The maximum Gasteiger partial charge on any atom is 0.278 e. The Kier molecular flexibility index (Phi) is 5.96. The van der Waals surface area contributed by atoms with E-state index in [9.17, 15) is 4.79 Å². The van der Waals surface area contributed by atoms with Gasteiger partial charge in [-0.05, 0) is 54.5 Å². The number of rotatable bonds is 7. The summed E-state index contributed by atoms with van der Waals surface area (Å²) in [4.78, 5) is 23.8. The van der Waals surface area contributed by atoms with Gasteiger partial charge in [-0.1, -0.05) is 30.3 Å². The molecule has 7 heteroatoms. The molecule has 38 heavy (non-hydrogen) atoms. The van der Waals surface area contributed by atoms with Gasteiger partial charge in [0.1, 0.15) is 23.0 Å². The van der Waals surface area contributed by atoms with Crippen molar-refractivity contribution in [1.29, 1.82) is 0 Å². The van der Waals surface area contributed by atoms with Crippen LogP contribution in [0, 0.1) is 0 Å². The van der Waals surface area contributed by atoms with Crippen molar-refractivity contribution < 1.29 is 14.3 Å². The first-order valence-corrected chi connectivity index (χ1v) is 12.5. The quantitative estimate of drug-likeness (QED) is 0.296. The molecular formula is C31H28N4O3. The summed E-state index contributed by atoms with van der Waals surface area (Å²) < 4.78 is 13.1. The summed E-state index contributed by atoms with van der Waals surface area (Å²) in [6.45, 7) is 0.465. The summed E-state index contributed by atoms with van der Waals surface area (Å²) in [5.41, 5.74) is 5.39. The van der Waals surface area contributed by atoms with Crippen LogP contribution in [0.4, 0.5) is 0 Å². The molecule has 5 aromatic rings. The van der Waals surface area contributed by atoms with E-state index in [4.69, 9.17) is 14.5 Å². The van der Waals surface area contributed by atoms with Crippen LogP contribution in [-0.4, -0.2) is 47.0 Å². The molecule has 3 aromatic carbocycles. The monoisotopic (exact) mass is 504 g/mol. The number of carbonyl (C=O) groups is 1. The minimum atomic E-state index is -0.128. The topological polar surface area (TPSA) is 71.8 Å². The molecule has 0 spiro atoms. The number of carbonyl (C=O) groups excluding carboxylic acids is 1. The second-order valence-electron chi connectivity index (χ2n) is 9.31. The molecule has 0 saturated carbocycles. The summed E-state index contributed by atoms with van der Waals surface area (Å²) in [6.07, 6.45) is 6.56. The Labute approximate surface area is 220 Å². The van der Waals surface area contributed by atoms with Crippen LogP contribution in [0.15, 0.2) is 89.8 Å². The number of aliphatic imine (C=N–C) groups is 1. The van der Waals surface area contributed by atoms with Gasteiger partial charge >= 0.3 is 0 Å². The lowest BCUT2D eigenvalue weighted by Crippen LogP contribution is -2.34. The largest absolute Gasteiger partial charge is 0.497 e. The van der Waals surface area contributed by atoms with E-state index in [0.29, 0.717) is 30.2 Å². The van der Waals surface area contributed by atoms with Crippen molar-refractivity contribution in [2.24, 2.45) is 12.0 Å². The zero-order valence-electron chi connectivity index (χ0n) is 21.6. The molecule has 0 atom stereocenters. The molecule has 0 radical (unpaired) electrons. The van der Waals surface area contributed by atoms with E-state index in [2.05, 4.69) is 21.7 Å². The number of aromatic nitrogens is 2. The molecule has 190 valence electrons. The van der Waals surface area contributed by atoms with Gasteiger partial charge in [-0.3, -0.25) is 9.69 Å². The lowest BCUT2D eigenvalue weighted by atomic mass is 10.1. The molecule has 1 aliphatic rings. The van der Waals surface area contributed by atoms with Gasteiger partial charge in [0.25, 0.3) is 5.91 Å². The fourth-order valence-corrected chi connectivity index (χ4v) is 5.15. The summed E-state index contributed by atoms with van der Waals surface area (Å²) in [5.74, 6) is 1.94. The van der Waals surface area contributed by atoms with Crippen molar-refractivity contribution in [2.75, 3.05) is 20.8 Å². The van der Waals surface area contributed by atoms with Crippen molar-refractivity contribution in [1.82, 2.24) is 14.5 Å². The van der Waals surface area contributed by atoms with Crippen LogP contribution in [0.1, 0.15) is 16.7 Å². The SMILES string of the molecule is COc1ccc2[nH]cc(CCN3C(=O)/C(=C/c4cn(C)c5ccccc45)N=C3c3ccccc3OC)c2c1. The number of hydrogen-bond acceptors (Lipinski definition) is 4. The van der Waals surface area contributed by atoms with Gasteiger partial charge in [-0.2, -0.15) is 0 Å². The van der Waals surface area contributed by atoms with Gasteiger partial charge in [0, 0.05) is 53.4 Å². The molecule has 0 bridgehead atoms.